The molecule has 0 unspecified atom stereocenters. The third-order valence-corrected chi connectivity index (χ3v) is 6.54. The summed E-state index contributed by atoms with van der Waals surface area (Å²) in [6.07, 6.45) is 7.37. The Morgan fingerprint density at radius 3 is 2.82 bits per heavy atom. The summed E-state index contributed by atoms with van der Waals surface area (Å²) in [5, 5.41) is 4.99. The van der Waals surface area contributed by atoms with Crippen LogP contribution in [0.1, 0.15) is 37.7 Å². The molecule has 34 heavy (non-hydrogen) atoms. The van der Waals surface area contributed by atoms with Gasteiger partial charge in [0.2, 0.25) is 0 Å². The summed E-state index contributed by atoms with van der Waals surface area (Å²) in [5.41, 5.74) is 4.56. The van der Waals surface area contributed by atoms with E-state index in [1.165, 1.54) is 19.3 Å². The van der Waals surface area contributed by atoms with E-state index < -0.39 is 0 Å². The minimum absolute atomic E-state index is 0.0477. The molecule has 4 aromatic rings. The number of H-pyrrole nitrogens is 2. The lowest BCUT2D eigenvalue weighted by Gasteiger charge is -2.30. The summed E-state index contributed by atoms with van der Waals surface area (Å²) < 4.78 is 0. The molecule has 8 nitrogen and oxygen atoms in total. The summed E-state index contributed by atoms with van der Waals surface area (Å²) in [5.74, 6) is -0.0477. The molecule has 2 heterocycles. The monoisotopic (exact) mass is 457 g/mol. The number of hydrogen-bond donors (Lipinski definition) is 2. The van der Waals surface area contributed by atoms with Crippen LogP contribution in [-0.2, 0) is 9.63 Å². The van der Waals surface area contributed by atoms with Crippen LogP contribution < -0.4 is 5.69 Å². The van der Waals surface area contributed by atoms with E-state index in [0.29, 0.717) is 17.2 Å². The third kappa shape index (κ3) is 4.57. The Hall–Kier alpha value is -3.94. The first-order valence-corrected chi connectivity index (χ1v) is 11.6. The molecule has 5 rings (SSSR count). The number of oxime groups is 1. The maximum atomic E-state index is 12.5. The molecule has 2 aromatic carbocycles. The molecule has 0 atom stereocenters. The average Bonchev–Trinajstić information content (AvgIpc) is 3.23. The minimum atomic E-state index is -0.275. The van der Waals surface area contributed by atoms with Gasteiger partial charge >= 0.3 is 5.69 Å². The van der Waals surface area contributed by atoms with E-state index in [1.807, 2.05) is 55.6 Å². The number of imidazole rings is 1. The Balaban J connectivity index is 1.31. The van der Waals surface area contributed by atoms with E-state index in [4.69, 9.17) is 4.84 Å². The summed E-state index contributed by atoms with van der Waals surface area (Å²) in [4.78, 5) is 41.2. The number of nitrogens with one attached hydrogen (secondary N) is 2. The zero-order valence-corrected chi connectivity index (χ0v) is 19.1. The molecule has 2 aromatic heterocycles. The van der Waals surface area contributed by atoms with Crippen molar-refractivity contribution in [2.75, 3.05) is 13.7 Å². The molecule has 0 radical (unpaired) electrons. The lowest BCUT2D eigenvalue weighted by molar-refractivity contribution is -0.137. The molecule has 8 heteroatoms. The van der Waals surface area contributed by atoms with Gasteiger partial charge < -0.3 is 14.7 Å². The Morgan fingerprint density at radius 2 is 1.97 bits per heavy atom. The fraction of sp³-hybridized carbons (Fsp3) is 0.308. The molecule has 174 valence electrons. The Kier molecular flexibility index (Phi) is 6.12. The van der Waals surface area contributed by atoms with Gasteiger partial charge in [-0.15, -0.1) is 0 Å². The highest BCUT2D eigenvalue weighted by Crippen LogP contribution is 2.27. The summed E-state index contributed by atoms with van der Waals surface area (Å²) in [6.45, 7) is -0.0713. The van der Waals surface area contributed by atoms with Gasteiger partial charge in [-0.1, -0.05) is 54.8 Å². The summed E-state index contributed by atoms with van der Waals surface area (Å²) in [6, 6.07) is 16.0. The van der Waals surface area contributed by atoms with Crippen molar-refractivity contribution >= 4 is 34.2 Å². The van der Waals surface area contributed by atoms with Crippen molar-refractivity contribution in [2.45, 2.75) is 38.1 Å². The quantitative estimate of drug-likeness (QED) is 0.334. The Morgan fingerprint density at radius 1 is 1.15 bits per heavy atom. The van der Waals surface area contributed by atoms with E-state index in [1.54, 1.807) is 11.1 Å². The number of amides is 1. The van der Waals surface area contributed by atoms with Gasteiger partial charge in [0.15, 0.2) is 12.3 Å². The second-order valence-corrected chi connectivity index (χ2v) is 8.76. The highest BCUT2D eigenvalue weighted by molar-refractivity contribution is 5.95. The molecule has 2 N–H and O–H groups in total. The molecule has 1 saturated carbocycles. The Labute approximate surface area is 196 Å². The van der Waals surface area contributed by atoms with Crippen LogP contribution in [-0.4, -0.2) is 51.7 Å². The van der Waals surface area contributed by atoms with Crippen LogP contribution in [0, 0.1) is 0 Å². The predicted octanol–water partition coefficient (Wildman–Crippen LogP) is 4.21. The van der Waals surface area contributed by atoms with Gasteiger partial charge in [-0.05, 0) is 42.2 Å². The predicted molar refractivity (Wildman–Crippen MR) is 133 cm³/mol. The number of carbonyl (C=O) groups is 1. The number of nitrogens with zero attached hydrogens (tertiary/aromatic N) is 3. The minimum Gasteiger partial charge on any atom is -0.386 e. The maximum Gasteiger partial charge on any atom is 0.325 e. The number of carbonyl (C=O) groups excluding carboxylic acids is 1. The van der Waals surface area contributed by atoms with Gasteiger partial charge in [0.1, 0.15) is 0 Å². The van der Waals surface area contributed by atoms with E-state index in [2.05, 4.69) is 20.1 Å². The van der Waals surface area contributed by atoms with E-state index >= 15 is 0 Å². The van der Waals surface area contributed by atoms with E-state index in [0.717, 1.165) is 40.4 Å². The van der Waals surface area contributed by atoms with Gasteiger partial charge in [0.05, 0.1) is 17.2 Å². The molecule has 0 aliphatic heterocycles. The number of rotatable bonds is 6. The van der Waals surface area contributed by atoms with Crippen molar-refractivity contribution < 1.29 is 9.63 Å². The summed E-state index contributed by atoms with van der Waals surface area (Å²) in [7, 11) is 1.85. The lowest BCUT2D eigenvalue weighted by Crippen LogP contribution is -2.40. The first-order chi connectivity index (χ1) is 16.6. The second-order valence-electron chi connectivity index (χ2n) is 8.76. The fourth-order valence-electron chi connectivity index (χ4n) is 4.63. The van der Waals surface area contributed by atoms with Crippen LogP contribution in [0.4, 0.5) is 0 Å². The topological polar surface area (TPSA) is 103 Å². The number of hydrogen-bond acceptors (Lipinski definition) is 5. The van der Waals surface area contributed by atoms with Crippen LogP contribution in [0.2, 0.25) is 0 Å². The van der Waals surface area contributed by atoms with Gasteiger partial charge in [0, 0.05) is 24.0 Å². The number of aromatic amines is 2. The van der Waals surface area contributed by atoms with Crippen LogP contribution in [0.25, 0.3) is 33.2 Å². The first-order valence-electron chi connectivity index (χ1n) is 11.6. The fourth-order valence-corrected chi connectivity index (χ4v) is 4.63. The Bertz CT molecular complexity index is 1420. The highest BCUT2D eigenvalue weighted by Gasteiger charge is 2.22. The van der Waals surface area contributed by atoms with Crippen LogP contribution in [0.3, 0.4) is 0 Å². The van der Waals surface area contributed by atoms with Gasteiger partial charge in [-0.2, -0.15) is 0 Å². The van der Waals surface area contributed by atoms with Crippen molar-refractivity contribution in [2.24, 2.45) is 5.16 Å². The van der Waals surface area contributed by atoms with Crippen LogP contribution >= 0.6 is 0 Å². The number of pyridine rings is 1. The van der Waals surface area contributed by atoms with Gasteiger partial charge in [-0.3, -0.25) is 9.78 Å². The van der Waals surface area contributed by atoms with Crippen molar-refractivity contribution in [1.29, 1.82) is 0 Å². The number of aromatic nitrogens is 3. The van der Waals surface area contributed by atoms with Gasteiger partial charge in [-0.25, -0.2) is 9.78 Å². The highest BCUT2D eigenvalue weighted by atomic mass is 16.6. The smallest absolute Gasteiger partial charge is 0.325 e. The van der Waals surface area contributed by atoms with Crippen molar-refractivity contribution in [1.82, 2.24) is 19.9 Å². The molecule has 1 aliphatic carbocycles. The molecule has 0 saturated heterocycles. The number of benzene rings is 2. The van der Waals surface area contributed by atoms with E-state index in [9.17, 15) is 9.59 Å². The molecule has 0 spiro atoms. The summed E-state index contributed by atoms with van der Waals surface area (Å²) >= 11 is 0. The molecule has 1 amide bonds. The lowest BCUT2D eigenvalue weighted by atomic mass is 9.94. The molecular weight excluding hydrogens is 430 g/mol. The molecule has 0 bridgehead atoms. The zero-order valence-electron chi connectivity index (χ0n) is 19.1. The maximum absolute atomic E-state index is 12.5. The average molecular weight is 458 g/mol. The second kappa shape index (κ2) is 9.51. The number of fused-ring (bicyclic) bond motifs is 2. The van der Waals surface area contributed by atoms with Gasteiger partial charge in [0.25, 0.3) is 5.91 Å². The molecular formula is C26H27N5O3. The zero-order chi connectivity index (χ0) is 23.5. The van der Waals surface area contributed by atoms with Crippen LogP contribution in [0.5, 0.6) is 0 Å². The third-order valence-electron chi connectivity index (χ3n) is 6.54. The van der Waals surface area contributed by atoms with Crippen molar-refractivity contribution in [3.05, 3.63) is 64.6 Å². The standard InChI is InChI=1S/C26H27N5O3/c1-31(20-8-3-2-4-9-20)24(32)16-34-27-15-18-7-5-6-10-21(18)17-11-12-22-19(13-17)14-23-25(28-22)30-26(33)29-23/h5-7,10-15,20H,2-4,8-9,16H2,1H3,(H2,28,29,30,33). The normalized spacial score (nSPS) is 14.7. The molecule has 1 aliphatic rings. The van der Waals surface area contributed by atoms with Crippen molar-refractivity contribution in [3.8, 4) is 11.1 Å². The van der Waals surface area contributed by atoms with Crippen molar-refractivity contribution in [3.63, 3.8) is 0 Å². The largest absolute Gasteiger partial charge is 0.386 e. The van der Waals surface area contributed by atoms with E-state index in [-0.39, 0.29) is 18.2 Å². The first kappa shape index (κ1) is 21.9. The number of likely N-dealkylation sites (N-methyl/N-ethyl adjacent to an activating group) is 1. The van der Waals surface area contributed by atoms with Crippen LogP contribution in [0.15, 0.2) is 58.5 Å². The SMILES string of the molecule is CN(C(=O)CON=Cc1ccccc1-c1ccc2nc3[nH]c(=O)[nH]c3cc2c1)C1CCCCC1. The molecule has 1 fully saturated rings.